The minimum absolute atomic E-state index is 0.0927. The standard InChI is InChI=1S/C20H26ClN5O4/c1-26-11-12(7-25-26)6-24-18(27)5-14-4-16-20(29-14)19(28)17(30-16)10-23-9-13-8-22-3-2-15(13)21/h2-3,7-8,11,14,16-17,19-20,23,28H,4-6,9-10H2,1H3,(H,24,27). The number of nitrogens with one attached hydrogen (secondary N) is 2. The number of carbonyl (C=O) groups excluding carboxylic acids is 1. The molecule has 2 aromatic rings. The molecule has 0 saturated carbocycles. The molecule has 3 N–H and O–H groups in total. The van der Waals surface area contributed by atoms with Crippen molar-refractivity contribution in [2.24, 2.45) is 7.05 Å². The molecule has 10 heteroatoms. The molecule has 4 rings (SSSR count). The summed E-state index contributed by atoms with van der Waals surface area (Å²) < 4.78 is 13.6. The molecule has 0 spiro atoms. The molecule has 2 aliphatic rings. The molecule has 2 saturated heterocycles. The van der Waals surface area contributed by atoms with Gasteiger partial charge in [-0.05, 0) is 6.07 Å². The van der Waals surface area contributed by atoms with E-state index in [1.807, 2.05) is 13.2 Å². The highest BCUT2D eigenvalue weighted by atomic mass is 35.5. The first-order valence-electron chi connectivity index (χ1n) is 10.0. The molecule has 5 atom stereocenters. The third-order valence-electron chi connectivity index (χ3n) is 5.44. The maximum Gasteiger partial charge on any atom is 0.222 e. The fourth-order valence-corrected chi connectivity index (χ4v) is 4.11. The molecule has 1 amide bonds. The van der Waals surface area contributed by atoms with Crippen molar-refractivity contribution in [3.8, 4) is 0 Å². The lowest BCUT2D eigenvalue weighted by atomic mass is 10.1. The first-order valence-corrected chi connectivity index (χ1v) is 10.4. The minimum Gasteiger partial charge on any atom is -0.388 e. The van der Waals surface area contributed by atoms with Gasteiger partial charge in [0.2, 0.25) is 5.91 Å². The van der Waals surface area contributed by atoms with E-state index in [0.29, 0.717) is 31.1 Å². The molecular weight excluding hydrogens is 410 g/mol. The number of rotatable bonds is 8. The monoisotopic (exact) mass is 435 g/mol. The zero-order valence-corrected chi connectivity index (χ0v) is 17.5. The zero-order chi connectivity index (χ0) is 21.1. The number of ether oxygens (including phenoxy) is 2. The Morgan fingerprint density at radius 2 is 2.23 bits per heavy atom. The number of carbonyl (C=O) groups is 1. The molecule has 0 aromatic carbocycles. The largest absolute Gasteiger partial charge is 0.388 e. The molecule has 4 heterocycles. The predicted molar refractivity (Wildman–Crippen MR) is 109 cm³/mol. The number of aromatic nitrogens is 3. The van der Waals surface area contributed by atoms with Gasteiger partial charge in [-0.3, -0.25) is 14.5 Å². The zero-order valence-electron chi connectivity index (χ0n) is 16.7. The molecule has 9 nitrogen and oxygen atoms in total. The number of hydrogen-bond donors (Lipinski definition) is 3. The number of nitrogens with zero attached hydrogens (tertiary/aromatic N) is 3. The summed E-state index contributed by atoms with van der Waals surface area (Å²) in [6.45, 7) is 1.44. The number of pyridine rings is 1. The van der Waals surface area contributed by atoms with Crippen LogP contribution >= 0.6 is 11.6 Å². The van der Waals surface area contributed by atoms with Gasteiger partial charge in [0, 0.05) is 67.8 Å². The summed E-state index contributed by atoms with van der Waals surface area (Å²) in [5, 5.41) is 21.4. The first-order chi connectivity index (χ1) is 14.5. The van der Waals surface area contributed by atoms with Crippen molar-refractivity contribution in [3.05, 3.63) is 47.0 Å². The summed E-state index contributed by atoms with van der Waals surface area (Å²) >= 11 is 6.12. The van der Waals surface area contributed by atoms with Crippen molar-refractivity contribution in [1.82, 2.24) is 25.4 Å². The van der Waals surface area contributed by atoms with Crippen LogP contribution in [0.25, 0.3) is 0 Å². The highest BCUT2D eigenvalue weighted by molar-refractivity contribution is 6.31. The Balaban J connectivity index is 1.19. The van der Waals surface area contributed by atoms with Gasteiger partial charge in [-0.1, -0.05) is 11.6 Å². The average molecular weight is 436 g/mol. The van der Waals surface area contributed by atoms with E-state index in [0.717, 1.165) is 11.1 Å². The van der Waals surface area contributed by atoms with Gasteiger partial charge in [0.25, 0.3) is 0 Å². The number of aryl methyl sites for hydroxylation is 1. The summed E-state index contributed by atoms with van der Waals surface area (Å²) in [6.07, 6.45) is 5.79. The number of hydrogen-bond acceptors (Lipinski definition) is 7. The van der Waals surface area contributed by atoms with Crippen LogP contribution in [-0.4, -0.2) is 62.8 Å². The van der Waals surface area contributed by atoms with Gasteiger partial charge in [0.05, 0.1) is 30.9 Å². The van der Waals surface area contributed by atoms with Crippen molar-refractivity contribution < 1.29 is 19.4 Å². The molecule has 2 fully saturated rings. The number of aliphatic hydroxyl groups is 1. The molecule has 5 unspecified atom stereocenters. The Morgan fingerprint density at radius 1 is 1.37 bits per heavy atom. The number of halogens is 1. The van der Waals surface area contributed by atoms with E-state index in [9.17, 15) is 9.90 Å². The normalized spacial score (nSPS) is 27.9. The molecule has 0 aliphatic carbocycles. The molecule has 0 bridgehead atoms. The van der Waals surface area contributed by atoms with Gasteiger partial charge >= 0.3 is 0 Å². The minimum atomic E-state index is -0.740. The summed E-state index contributed by atoms with van der Waals surface area (Å²) in [6, 6.07) is 1.74. The van der Waals surface area contributed by atoms with Crippen LogP contribution in [0.1, 0.15) is 24.0 Å². The van der Waals surface area contributed by atoms with Crippen LogP contribution in [-0.2, 0) is 34.4 Å². The molecule has 30 heavy (non-hydrogen) atoms. The number of aliphatic hydroxyl groups excluding tert-OH is 1. The third-order valence-corrected chi connectivity index (χ3v) is 5.81. The van der Waals surface area contributed by atoms with E-state index >= 15 is 0 Å². The Kier molecular flexibility index (Phi) is 6.64. The quantitative estimate of drug-likeness (QED) is 0.555. The van der Waals surface area contributed by atoms with Gasteiger partial charge in [-0.25, -0.2) is 0 Å². The maximum atomic E-state index is 12.2. The van der Waals surface area contributed by atoms with Gasteiger partial charge in [-0.2, -0.15) is 5.10 Å². The smallest absolute Gasteiger partial charge is 0.222 e. The Bertz CT molecular complexity index is 878. The second kappa shape index (κ2) is 9.40. The van der Waals surface area contributed by atoms with Gasteiger partial charge in [0.1, 0.15) is 12.2 Å². The summed E-state index contributed by atoms with van der Waals surface area (Å²) in [5.41, 5.74) is 1.83. The van der Waals surface area contributed by atoms with E-state index in [1.165, 1.54) is 0 Å². The molecule has 2 aliphatic heterocycles. The van der Waals surface area contributed by atoms with Crippen molar-refractivity contribution in [1.29, 1.82) is 0 Å². The second-order valence-corrected chi connectivity index (χ2v) is 8.17. The van der Waals surface area contributed by atoms with Crippen molar-refractivity contribution >= 4 is 17.5 Å². The van der Waals surface area contributed by atoms with E-state index in [2.05, 4.69) is 20.7 Å². The van der Waals surface area contributed by atoms with Crippen molar-refractivity contribution in [2.75, 3.05) is 6.54 Å². The summed E-state index contributed by atoms with van der Waals surface area (Å²) in [4.78, 5) is 16.3. The second-order valence-electron chi connectivity index (χ2n) is 7.76. The number of amides is 1. The predicted octanol–water partition coefficient (Wildman–Crippen LogP) is 0.550. The van der Waals surface area contributed by atoms with Crippen LogP contribution < -0.4 is 10.6 Å². The average Bonchev–Trinajstić information content (AvgIpc) is 3.39. The molecular formula is C20H26ClN5O4. The number of fused-ring (bicyclic) bond motifs is 1. The van der Waals surface area contributed by atoms with E-state index in [1.54, 1.807) is 29.3 Å². The van der Waals surface area contributed by atoms with Crippen LogP contribution in [0, 0.1) is 0 Å². The lowest BCUT2D eigenvalue weighted by molar-refractivity contribution is -0.124. The fraction of sp³-hybridized carbons (Fsp3) is 0.550. The lowest BCUT2D eigenvalue weighted by Gasteiger charge is -2.20. The van der Waals surface area contributed by atoms with E-state index < -0.39 is 12.2 Å². The van der Waals surface area contributed by atoms with E-state index in [4.69, 9.17) is 21.1 Å². The molecule has 0 radical (unpaired) electrons. The Hall–Kier alpha value is -2.04. The van der Waals surface area contributed by atoms with Gasteiger partial charge in [0.15, 0.2) is 0 Å². The topological polar surface area (TPSA) is 111 Å². The Morgan fingerprint density at radius 3 is 2.97 bits per heavy atom. The van der Waals surface area contributed by atoms with E-state index in [-0.39, 0.29) is 30.6 Å². The van der Waals surface area contributed by atoms with Crippen molar-refractivity contribution in [2.45, 2.75) is 56.5 Å². The molecule has 162 valence electrons. The van der Waals surface area contributed by atoms with Crippen LogP contribution in [0.15, 0.2) is 30.9 Å². The summed E-state index contributed by atoms with van der Waals surface area (Å²) in [7, 11) is 1.83. The van der Waals surface area contributed by atoms with Gasteiger partial charge in [-0.15, -0.1) is 0 Å². The highest BCUT2D eigenvalue weighted by Gasteiger charge is 2.50. The highest BCUT2D eigenvalue weighted by Crippen LogP contribution is 2.35. The third kappa shape index (κ3) is 4.98. The van der Waals surface area contributed by atoms with Crippen LogP contribution in [0.4, 0.5) is 0 Å². The van der Waals surface area contributed by atoms with Crippen LogP contribution in [0.3, 0.4) is 0 Å². The van der Waals surface area contributed by atoms with Crippen molar-refractivity contribution in [3.63, 3.8) is 0 Å². The fourth-order valence-electron chi connectivity index (χ4n) is 3.94. The first kappa shape index (κ1) is 21.2. The SMILES string of the molecule is Cn1cc(CNC(=O)CC2CC3OC(CNCc4cnccc4Cl)C(O)C3O2)cn1. The van der Waals surface area contributed by atoms with Crippen LogP contribution in [0.5, 0.6) is 0 Å². The Labute approximate surface area is 179 Å². The lowest BCUT2D eigenvalue weighted by Crippen LogP contribution is -2.39. The molecule has 2 aromatic heterocycles. The summed E-state index contributed by atoms with van der Waals surface area (Å²) in [5.74, 6) is -0.0927. The maximum absolute atomic E-state index is 12.2. The van der Waals surface area contributed by atoms with Gasteiger partial charge < -0.3 is 25.2 Å². The van der Waals surface area contributed by atoms with Crippen LogP contribution in [0.2, 0.25) is 5.02 Å².